The SMILES string of the molecule is CCNCc1ccc(N(CC)Cc2ccco2)c(Br)c1. The average Bonchev–Trinajstić information content (AvgIpc) is 2.96. The van der Waals surface area contributed by atoms with Crippen molar-refractivity contribution in [3.8, 4) is 0 Å². The summed E-state index contributed by atoms with van der Waals surface area (Å²) in [5.74, 6) is 0.982. The molecule has 0 aliphatic carbocycles. The lowest BCUT2D eigenvalue weighted by molar-refractivity contribution is 0.503. The minimum Gasteiger partial charge on any atom is -0.467 e. The Labute approximate surface area is 129 Å². The monoisotopic (exact) mass is 336 g/mol. The van der Waals surface area contributed by atoms with Gasteiger partial charge in [-0.3, -0.25) is 0 Å². The van der Waals surface area contributed by atoms with Gasteiger partial charge in [-0.2, -0.15) is 0 Å². The highest BCUT2D eigenvalue weighted by Crippen LogP contribution is 2.28. The van der Waals surface area contributed by atoms with Crippen molar-refractivity contribution in [1.29, 1.82) is 0 Å². The van der Waals surface area contributed by atoms with Crippen LogP contribution in [0.5, 0.6) is 0 Å². The first-order valence-corrected chi connectivity index (χ1v) is 7.80. The molecule has 4 heteroatoms. The zero-order valence-electron chi connectivity index (χ0n) is 12.0. The molecule has 1 aromatic heterocycles. The summed E-state index contributed by atoms with van der Waals surface area (Å²) >= 11 is 3.68. The Morgan fingerprint density at radius 3 is 2.70 bits per heavy atom. The molecular weight excluding hydrogens is 316 g/mol. The van der Waals surface area contributed by atoms with E-state index in [0.717, 1.165) is 36.4 Å². The van der Waals surface area contributed by atoms with Crippen LogP contribution in [0.3, 0.4) is 0 Å². The molecule has 0 atom stereocenters. The van der Waals surface area contributed by atoms with Gasteiger partial charge in [-0.25, -0.2) is 0 Å². The molecule has 0 saturated heterocycles. The first-order chi connectivity index (χ1) is 9.74. The lowest BCUT2D eigenvalue weighted by Crippen LogP contribution is -2.22. The second-order valence-corrected chi connectivity index (χ2v) is 5.51. The van der Waals surface area contributed by atoms with E-state index in [1.165, 1.54) is 11.3 Å². The molecule has 108 valence electrons. The van der Waals surface area contributed by atoms with Crippen molar-refractivity contribution in [2.75, 3.05) is 18.0 Å². The van der Waals surface area contributed by atoms with Gasteiger partial charge in [-0.15, -0.1) is 0 Å². The largest absolute Gasteiger partial charge is 0.467 e. The third-order valence-electron chi connectivity index (χ3n) is 3.24. The molecule has 3 nitrogen and oxygen atoms in total. The molecule has 0 spiro atoms. The van der Waals surface area contributed by atoms with Gasteiger partial charge in [0, 0.05) is 17.6 Å². The first kappa shape index (κ1) is 15.1. The molecule has 0 aliphatic rings. The third kappa shape index (κ3) is 3.87. The number of halogens is 1. The van der Waals surface area contributed by atoms with Crippen LogP contribution in [0.1, 0.15) is 25.2 Å². The van der Waals surface area contributed by atoms with Gasteiger partial charge in [0.1, 0.15) is 5.76 Å². The molecule has 0 saturated carbocycles. The average molecular weight is 337 g/mol. The smallest absolute Gasteiger partial charge is 0.123 e. The number of anilines is 1. The maximum Gasteiger partial charge on any atom is 0.123 e. The fraction of sp³-hybridized carbons (Fsp3) is 0.375. The molecule has 0 radical (unpaired) electrons. The van der Waals surface area contributed by atoms with Crippen LogP contribution < -0.4 is 10.2 Å². The Hall–Kier alpha value is -1.26. The summed E-state index contributed by atoms with van der Waals surface area (Å²) in [5.41, 5.74) is 2.49. The maximum absolute atomic E-state index is 5.44. The number of furan rings is 1. The van der Waals surface area contributed by atoms with E-state index >= 15 is 0 Å². The van der Waals surface area contributed by atoms with E-state index in [1.54, 1.807) is 6.26 Å². The van der Waals surface area contributed by atoms with Gasteiger partial charge in [-0.1, -0.05) is 13.0 Å². The molecule has 2 rings (SSSR count). The van der Waals surface area contributed by atoms with Crippen molar-refractivity contribution in [1.82, 2.24) is 5.32 Å². The van der Waals surface area contributed by atoms with Gasteiger partial charge in [0.25, 0.3) is 0 Å². The summed E-state index contributed by atoms with van der Waals surface area (Å²) in [7, 11) is 0. The van der Waals surface area contributed by atoms with Crippen molar-refractivity contribution in [3.05, 3.63) is 52.4 Å². The fourth-order valence-electron chi connectivity index (χ4n) is 2.14. The lowest BCUT2D eigenvalue weighted by atomic mass is 10.2. The highest BCUT2D eigenvalue weighted by atomic mass is 79.9. The first-order valence-electron chi connectivity index (χ1n) is 7.01. The van der Waals surface area contributed by atoms with Crippen LogP contribution in [0.2, 0.25) is 0 Å². The molecule has 1 N–H and O–H groups in total. The Kier molecular flexibility index (Phi) is 5.68. The number of nitrogens with zero attached hydrogens (tertiary/aromatic N) is 1. The summed E-state index contributed by atoms with van der Waals surface area (Å²) < 4.78 is 6.56. The van der Waals surface area contributed by atoms with Crippen molar-refractivity contribution in [2.24, 2.45) is 0 Å². The summed E-state index contributed by atoms with van der Waals surface area (Å²) in [6, 6.07) is 10.5. The van der Waals surface area contributed by atoms with Crippen LogP contribution in [-0.2, 0) is 13.1 Å². The summed E-state index contributed by atoms with van der Waals surface area (Å²) in [5, 5.41) is 3.34. The molecule has 1 aromatic carbocycles. The molecule has 2 aromatic rings. The molecule has 20 heavy (non-hydrogen) atoms. The lowest BCUT2D eigenvalue weighted by Gasteiger charge is -2.23. The zero-order chi connectivity index (χ0) is 14.4. The van der Waals surface area contributed by atoms with Gasteiger partial charge in [-0.05, 0) is 59.2 Å². The summed E-state index contributed by atoms with van der Waals surface area (Å²) in [6.45, 7) is 7.88. The highest BCUT2D eigenvalue weighted by molar-refractivity contribution is 9.10. The van der Waals surface area contributed by atoms with Crippen LogP contribution in [0.25, 0.3) is 0 Å². The fourth-order valence-corrected chi connectivity index (χ4v) is 2.82. The van der Waals surface area contributed by atoms with Gasteiger partial charge >= 0.3 is 0 Å². The predicted octanol–water partition coefficient (Wildman–Crippen LogP) is 4.18. The van der Waals surface area contributed by atoms with E-state index in [2.05, 4.69) is 58.2 Å². The van der Waals surface area contributed by atoms with Crippen molar-refractivity contribution >= 4 is 21.6 Å². The second kappa shape index (κ2) is 7.50. The molecule has 0 bridgehead atoms. The molecular formula is C16H21BrN2O. The van der Waals surface area contributed by atoms with E-state index in [9.17, 15) is 0 Å². The second-order valence-electron chi connectivity index (χ2n) is 4.66. The Balaban J connectivity index is 2.13. The van der Waals surface area contributed by atoms with Crippen molar-refractivity contribution < 1.29 is 4.42 Å². The Morgan fingerprint density at radius 1 is 1.25 bits per heavy atom. The molecule has 0 unspecified atom stereocenters. The van der Waals surface area contributed by atoms with E-state index < -0.39 is 0 Å². The Bertz CT molecular complexity index is 525. The molecule has 0 amide bonds. The topological polar surface area (TPSA) is 28.4 Å². The minimum atomic E-state index is 0.786. The van der Waals surface area contributed by atoms with Gasteiger partial charge in [0.15, 0.2) is 0 Å². The molecule has 0 fully saturated rings. The number of nitrogens with one attached hydrogen (secondary N) is 1. The van der Waals surface area contributed by atoms with Crippen LogP contribution >= 0.6 is 15.9 Å². The van der Waals surface area contributed by atoms with E-state index in [-0.39, 0.29) is 0 Å². The van der Waals surface area contributed by atoms with Crippen molar-refractivity contribution in [2.45, 2.75) is 26.9 Å². The van der Waals surface area contributed by atoms with Gasteiger partial charge < -0.3 is 14.6 Å². The van der Waals surface area contributed by atoms with Crippen molar-refractivity contribution in [3.63, 3.8) is 0 Å². The summed E-state index contributed by atoms with van der Waals surface area (Å²) in [6.07, 6.45) is 1.72. The molecule has 1 heterocycles. The van der Waals surface area contributed by atoms with E-state index in [1.807, 2.05) is 12.1 Å². The van der Waals surface area contributed by atoms with Gasteiger partial charge in [0.2, 0.25) is 0 Å². The zero-order valence-corrected chi connectivity index (χ0v) is 13.6. The number of hydrogen-bond donors (Lipinski definition) is 1. The van der Waals surface area contributed by atoms with Crippen LogP contribution in [0.15, 0.2) is 45.5 Å². The molecule has 0 aliphatic heterocycles. The number of benzene rings is 1. The summed E-state index contributed by atoms with van der Waals surface area (Å²) in [4.78, 5) is 2.29. The maximum atomic E-state index is 5.44. The van der Waals surface area contributed by atoms with E-state index in [0.29, 0.717) is 0 Å². The minimum absolute atomic E-state index is 0.786. The quantitative estimate of drug-likeness (QED) is 0.822. The van der Waals surface area contributed by atoms with Crippen LogP contribution in [0.4, 0.5) is 5.69 Å². The number of hydrogen-bond acceptors (Lipinski definition) is 3. The van der Waals surface area contributed by atoms with Crippen LogP contribution in [0, 0.1) is 0 Å². The predicted molar refractivity (Wildman–Crippen MR) is 87.0 cm³/mol. The highest BCUT2D eigenvalue weighted by Gasteiger charge is 2.11. The van der Waals surface area contributed by atoms with Crippen LogP contribution in [-0.4, -0.2) is 13.1 Å². The standard InChI is InChI=1S/C16H21BrN2O/c1-3-18-11-13-7-8-16(15(17)10-13)19(4-2)12-14-6-5-9-20-14/h5-10,18H,3-4,11-12H2,1-2H3. The number of rotatable bonds is 7. The normalized spacial score (nSPS) is 10.8. The Morgan fingerprint density at radius 2 is 2.10 bits per heavy atom. The van der Waals surface area contributed by atoms with Gasteiger partial charge in [0.05, 0.1) is 18.5 Å². The van der Waals surface area contributed by atoms with E-state index in [4.69, 9.17) is 4.42 Å². The third-order valence-corrected chi connectivity index (χ3v) is 3.88.